The van der Waals surface area contributed by atoms with Gasteiger partial charge in [0.1, 0.15) is 11.6 Å². The van der Waals surface area contributed by atoms with Crippen LogP contribution in [0.5, 0.6) is 11.6 Å². The lowest BCUT2D eigenvalue weighted by molar-refractivity contribution is 0.452. The number of hydrogen-bond donors (Lipinski definition) is 0. The molecule has 3 aromatic rings. The molecule has 0 radical (unpaired) electrons. The maximum Gasteiger partial charge on any atom is 0.226 e. The highest BCUT2D eigenvalue weighted by atomic mass is 19.1. The van der Waals surface area contributed by atoms with Gasteiger partial charge in [-0.25, -0.2) is 9.37 Å². The van der Waals surface area contributed by atoms with Gasteiger partial charge in [0.15, 0.2) is 5.82 Å². The number of nitrogens with zero attached hydrogens (tertiary/aromatic N) is 3. The average molecular weight is 309 g/mol. The Hall–Kier alpha value is -2.82. The van der Waals surface area contributed by atoms with E-state index in [1.807, 2.05) is 26.0 Å². The summed E-state index contributed by atoms with van der Waals surface area (Å²) in [6, 6.07) is 8.46. The zero-order chi connectivity index (χ0) is 16.4. The summed E-state index contributed by atoms with van der Waals surface area (Å²) in [5.74, 6) is 1.05. The smallest absolute Gasteiger partial charge is 0.226 e. The van der Waals surface area contributed by atoms with Crippen LogP contribution >= 0.6 is 0 Å². The highest BCUT2D eigenvalue weighted by Gasteiger charge is 2.12. The van der Waals surface area contributed by atoms with Crippen LogP contribution in [0.25, 0.3) is 11.4 Å². The monoisotopic (exact) mass is 309 g/mol. The standard InChI is InChI=1S/C18H16FN3O/c1-11-6-7-15(9-16(11)19)23-18-12(2)13(3)21-17(22-18)14-5-4-8-20-10-14/h4-10H,1-3H3. The van der Waals surface area contributed by atoms with Gasteiger partial charge >= 0.3 is 0 Å². The minimum atomic E-state index is -0.307. The van der Waals surface area contributed by atoms with Crippen LogP contribution in [0, 0.1) is 26.6 Å². The summed E-state index contributed by atoms with van der Waals surface area (Å²) in [6.45, 7) is 5.47. The van der Waals surface area contributed by atoms with E-state index in [1.165, 1.54) is 6.07 Å². The number of pyridine rings is 1. The summed E-state index contributed by atoms with van der Waals surface area (Å²) >= 11 is 0. The van der Waals surface area contributed by atoms with E-state index < -0.39 is 0 Å². The maximum absolute atomic E-state index is 13.7. The van der Waals surface area contributed by atoms with Crippen LogP contribution in [-0.2, 0) is 0 Å². The number of rotatable bonds is 3. The maximum atomic E-state index is 13.7. The van der Waals surface area contributed by atoms with Gasteiger partial charge in [0, 0.05) is 35.3 Å². The summed E-state index contributed by atoms with van der Waals surface area (Å²) in [5, 5.41) is 0. The second-order valence-corrected chi connectivity index (χ2v) is 5.32. The SMILES string of the molecule is Cc1ccc(Oc2nc(-c3cccnc3)nc(C)c2C)cc1F. The number of hydrogen-bond acceptors (Lipinski definition) is 4. The number of aromatic nitrogens is 3. The quantitative estimate of drug-likeness (QED) is 0.719. The first-order chi connectivity index (χ1) is 11.0. The van der Waals surface area contributed by atoms with Gasteiger partial charge in [-0.2, -0.15) is 4.98 Å². The van der Waals surface area contributed by atoms with Crippen molar-refractivity contribution in [3.05, 3.63) is 65.4 Å². The molecule has 0 bridgehead atoms. The van der Waals surface area contributed by atoms with Crippen LogP contribution in [-0.4, -0.2) is 15.0 Å². The molecule has 0 N–H and O–H groups in total. The third kappa shape index (κ3) is 3.18. The first kappa shape index (κ1) is 15.1. The van der Waals surface area contributed by atoms with E-state index in [9.17, 15) is 4.39 Å². The normalized spacial score (nSPS) is 10.6. The molecule has 1 aromatic carbocycles. The molecule has 116 valence electrons. The predicted molar refractivity (Wildman–Crippen MR) is 85.9 cm³/mol. The second-order valence-electron chi connectivity index (χ2n) is 5.32. The summed E-state index contributed by atoms with van der Waals surface area (Å²) in [7, 11) is 0. The van der Waals surface area contributed by atoms with Gasteiger partial charge in [-0.1, -0.05) is 6.07 Å². The Kier molecular flexibility index (Phi) is 4.02. The number of benzene rings is 1. The largest absolute Gasteiger partial charge is 0.439 e. The highest BCUT2D eigenvalue weighted by Crippen LogP contribution is 2.28. The molecule has 0 spiro atoms. The van der Waals surface area contributed by atoms with Crippen molar-refractivity contribution >= 4 is 0 Å². The van der Waals surface area contributed by atoms with Gasteiger partial charge in [0.05, 0.1) is 0 Å². The lowest BCUT2D eigenvalue weighted by Gasteiger charge is -2.12. The second kappa shape index (κ2) is 6.12. The van der Waals surface area contributed by atoms with E-state index in [4.69, 9.17) is 4.74 Å². The van der Waals surface area contributed by atoms with Crippen molar-refractivity contribution in [2.24, 2.45) is 0 Å². The fraction of sp³-hybridized carbons (Fsp3) is 0.167. The van der Waals surface area contributed by atoms with Crippen LogP contribution in [0.2, 0.25) is 0 Å². The van der Waals surface area contributed by atoms with E-state index in [1.54, 1.807) is 31.5 Å². The predicted octanol–water partition coefficient (Wildman–Crippen LogP) is 4.40. The van der Waals surface area contributed by atoms with E-state index in [0.717, 1.165) is 16.8 Å². The van der Waals surface area contributed by atoms with Gasteiger partial charge in [0.25, 0.3) is 0 Å². The molecular weight excluding hydrogens is 293 g/mol. The summed E-state index contributed by atoms with van der Waals surface area (Å²) in [4.78, 5) is 13.0. The van der Waals surface area contributed by atoms with Crippen molar-refractivity contribution in [1.29, 1.82) is 0 Å². The molecular formula is C18H16FN3O. The zero-order valence-corrected chi connectivity index (χ0v) is 13.2. The first-order valence-corrected chi connectivity index (χ1v) is 7.24. The van der Waals surface area contributed by atoms with Gasteiger partial charge in [-0.3, -0.25) is 4.98 Å². The molecule has 0 aliphatic carbocycles. The molecule has 23 heavy (non-hydrogen) atoms. The Morgan fingerprint density at radius 2 is 1.87 bits per heavy atom. The van der Waals surface area contributed by atoms with Crippen molar-refractivity contribution in [2.75, 3.05) is 0 Å². The van der Waals surface area contributed by atoms with Gasteiger partial charge in [0.2, 0.25) is 5.88 Å². The molecule has 3 rings (SSSR count). The topological polar surface area (TPSA) is 47.9 Å². The summed E-state index contributed by atoms with van der Waals surface area (Å²) in [5.41, 5.74) is 3.00. The molecule has 0 unspecified atom stereocenters. The Morgan fingerprint density at radius 1 is 1.04 bits per heavy atom. The molecule has 4 nitrogen and oxygen atoms in total. The van der Waals surface area contributed by atoms with Gasteiger partial charge in [-0.05, 0) is 44.5 Å². The van der Waals surface area contributed by atoms with Crippen molar-refractivity contribution < 1.29 is 9.13 Å². The zero-order valence-electron chi connectivity index (χ0n) is 13.2. The molecule has 0 aliphatic heterocycles. The molecule has 0 saturated carbocycles. The Balaban J connectivity index is 2.01. The van der Waals surface area contributed by atoms with Crippen molar-refractivity contribution in [1.82, 2.24) is 15.0 Å². The number of ether oxygens (including phenoxy) is 1. The minimum absolute atomic E-state index is 0.307. The molecule has 2 heterocycles. The lowest BCUT2D eigenvalue weighted by atomic mass is 10.2. The van der Waals surface area contributed by atoms with Crippen molar-refractivity contribution in [2.45, 2.75) is 20.8 Å². The van der Waals surface area contributed by atoms with Gasteiger partial charge < -0.3 is 4.74 Å². The van der Waals surface area contributed by atoms with Crippen LogP contribution in [0.1, 0.15) is 16.8 Å². The van der Waals surface area contributed by atoms with Crippen LogP contribution < -0.4 is 4.74 Å². The first-order valence-electron chi connectivity index (χ1n) is 7.24. The molecule has 0 aliphatic rings. The fourth-order valence-electron chi connectivity index (χ4n) is 2.07. The number of halogens is 1. The van der Waals surface area contributed by atoms with Crippen molar-refractivity contribution in [3.8, 4) is 23.0 Å². The number of aryl methyl sites for hydroxylation is 2. The summed E-state index contributed by atoms with van der Waals surface area (Å²) < 4.78 is 19.5. The Morgan fingerprint density at radius 3 is 2.57 bits per heavy atom. The van der Waals surface area contributed by atoms with E-state index in [-0.39, 0.29) is 5.82 Å². The average Bonchev–Trinajstić information content (AvgIpc) is 2.56. The minimum Gasteiger partial charge on any atom is -0.439 e. The Bertz CT molecular complexity index is 850. The highest BCUT2D eigenvalue weighted by molar-refractivity contribution is 5.55. The molecule has 0 atom stereocenters. The third-order valence-corrected chi connectivity index (χ3v) is 3.62. The van der Waals surface area contributed by atoms with Crippen LogP contribution in [0.3, 0.4) is 0 Å². The Labute approximate surface area is 134 Å². The van der Waals surface area contributed by atoms with E-state index in [2.05, 4.69) is 15.0 Å². The van der Waals surface area contributed by atoms with Crippen LogP contribution in [0.15, 0.2) is 42.7 Å². The molecule has 0 amide bonds. The van der Waals surface area contributed by atoms with Crippen molar-refractivity contribution in [3.63, 3.8) is 0 Å². The van der Waals surface area contributed by atoms with E-state index >= 15 is 0 Å². The summed E-state index contributed by atoms with van der Waals surface area (Å²) in [6.07, 6.45) is 3.39. The van der Waals surface area contributed by atoms with E-state index in [0.29, 0.717) is 23.0 Å². The fourth-order valence-corrected chi connectivity index (χ4v) is 2.07. The van der Waals surface area contributed by atoms with Crippen LogP contribution in [0.4, 0.5) is 4.39 Å². The molecule has 2 aromatic heterocycles. The lowest BCUT2D eigenvalue weighted by Crippen LogP contribution is -2.00. The molecule has 0 saturated heterocycles. The third-order valence-electron chi connectivity index (χ3n) is 3.62. The molecule has 5 heteroatoms. The molecule has 0 fully saturated rings. The van der Waals surface area contributed by atoms with Gasteiger partial charge in [-0.15, -0.1) is 0 Å².